The van der Waals surface area contributed by atoms with E-state index in [4.69, 9.17) is 5.73 Å². The van der Waals surface area contributed by atoms with Gasteiger partial charge in [-0.05, 0) is 40.2 Å². The van der Waals surface area contributed by atoms with Gasteiger partial charge in [-0.3, -0.25) is 19.8 Å². The van der Waals surface area contributed by atoms with Gasteiger partial charge in [0.1, 0.15) is 0 Å². The summed E-state index contributed by atoms with van der Waals surface area (Å²) in [5.74, 6) is -0.143. The molecule has 3 N–H and O–H groups in total. The van der Waals surface area contributed by atoms with Gasteiger partial charge in [-0.15, -0.1) is 0 Å². The molecule has 7 heteroatoms. The SMILES string of the molecule is CC(C)c1c(C(N)=O)ccc(C(c2cccc([N+](=O)[O-])c2)N2CCNCC2)c1C(C)C. The first-order valence-electron chi connectivity index (χ1n) is 10.9. The number of carbonyl (C=O) groups excluding carboxylic acids is 1. The molecule has 1 fully saturated rings. The molecule has 1 aliphatic rings. The maximum absolute atomic E-state index is 12.2. The third-order valence-corrected chi connectivity index (χ3v) is 5.95. The Morgan fingerprint density at radius 3 is 2.26 bits per heavy atom. The lowest BCUT2D eigenvalue weighted by Crippen LogP contribution is -2.45. The molecule has 1 unspecified atom stereocenters. The van der Waals surface area contributed by atoms with Gasteiger partial charge >= 0.3 is 0 Å². The number of hydrogen-bond donors (Lipinski definition) is 2. The molecule has 0 radical (unpaired) electrons. The molecule has 7 nitrogen and oxygen atoms in total. The Morgan fingerprint density at radius 1 is 1.06 bits per heavy atom. The van der Waals surface area contributed by atoms with E-state index in [9.17, 15) is 14.9 Å². The lowest BCUT2D eigenvalue weighted by molar-refractivity contribution is -0.384. The molecule has 0 aliphatic carbocycles. The van der Waals surface area contributed by atoms with Crippen LogP contribution in [0, 0.1) is 10.1 Å². The fraction of sp³-hybridized carbons (Fsp3) is 0.458. The van der Waals surface area contributed by atoms with E-state index in [1.165, 1.54) is 6.07 Å². The summed E-state index contributed by atoms with van der Waals surface area (Å²) in [4.78, 5) is 25.7. The summed E-state index contributed by atoms with van der Waals surface area (Å²) >= 11 is 0. The molecule has 0 spiro atoms. The van der Waals surface area contributed by atoms with Crippen molar-refractivity contribution in [2.24, 2.45) is 5.73 Å². The van der Waals surface area contributed by atoms with Crippen LogP contribution in [0.2, 0.25) is 0 Å². The number of hydrogen-bond acceptors (Lipinski definition) is 5. The Hall–Kier alpha value is -2.77. The highest BCUT2D eigenvalue weighted by molar-refractivity contribution is 5.95. The molecule has 0 saturated carbocycles. The van der Waals surface area contributed by atoms with Crippen molar-refractivity contribution < 1.29 is 9.72 Å². The number of amides is 1. The first kappa shape index (κ1) is 22.9. The number of carbonyl (C=O) groups is 1. The minimum absolute atomic E-state index is 0.0848. The summed E-state index contributed by atoms with van der Waals surface area (Å²) < 4.78 is 0. The number of benzene rings is 2. The smallest absolute Gasteiger partial charge is 0.269 e. The Kier molecular flexibility index (Phi) is 7.08. The number of nitrogens with zero attached hydrogens (tertiary/aromatic N) is 2. The molecule has 1 atom stereocenters. The van der Waals surface area contributed by atoms with Crippen LogP contribution in [0.5, 0.6) is 0 Å². The van der Waals surface area contributed by atoms with Gasteiger partial charge < -0.3 is 11.1 Å². The van der Waals surface area contributed by atoms with Gasteiger partial charge in [0.25, 0.3) is 5.69 Å². The minimum atomic E-state index is -0.425. The van der Waals surface area contributed by atoms with E-state index in [1.807, 2.05) is 18.2 Å². The normalized spacial score (nSPS) is 15.9. The molecular weight excluding hydrogens is 392 g/mol. The fourth-order valence-electron chi connectivity index (χ4n) is 4.71. The second-order valence-electron chi connectivity index (χ2n) is 8.74. The largest absolute Gasteiger partial charge is 0.366 e. The van der Waals surface area contributed by atoms with E-state index in [0.717, 1.165) is 48.4 Å². The van der Waals surface area contributed by atoms with Crippen LogP contribution in [0.1, 0.15) is 78.2 Å². The second-order valence-corrected chi connectivity index (χ2v) is 8.74. The predicted molar refractivity (Wildman–Crippen MR) is 123 cm³/mol. The summed E-state index contributed by atoms with van der Waals surface area (Å²) in [6, 6.07) is 10.6. The second kappa shape index (κ2) is 9.58. The summed E-state index contributed by atoms with van der Waals surface area (Å²) in [6.45, 7) is 11.8. The first-order chi connectivity index (χ1) is 14.7. The van der Waals surface area contributed by atoms with Crippen molar-refractivity contribution in [2.45, 2.75) is 45.6 Å². The zero-order valence-corrected chi connectivity index (χ0v) is 18.7. The van der Waals surface area contributed by atoms with Crippen LogP contribution in [0.15, 0.2) is 36.4 Å². The number of nitro benzene ring substituents is 1. The quantitative estimate of drug-likeness (QED) is 0.518. The highest BCUT2D eigenvalue weighted by atomic mass is 16.6. The third-order valence-electron chi connectivity index (χ3n) is 5.95. The van der Waals surface area contributed by atoms with Gasteiger partial charge in [-0.1, -0.05) is 45.9 Å². The molecule has 1 saturated heterocycles. The van der Waals surface area contributed by atoms with Crippen LogP contribution in [-0.2, 0) is 0 Å². The Morgan fingerprint density at radius 2 is 1.71 bits per heavy atom. The number of non-ortho nitro benzene ring substituents is 1. The minimum Gasteiger partial charge on any atom is -0.366 e. The van der Waals surface area contributed by atoms with Crippen LogP contribution in [-0.4, -0.2) is 41.9 Å². The molecule has 1 amide bonds. The van der Waals surface area contributed by atoms with Crippen LogP contribution >= 0.6 is 0 Å². The van der Waals surface area contributed by atoms with Crippen molar-refractivity contribution in [2.75, 3.05) is 26.2 Å². The topological polar surface area (TPSA) is 102 Å². The standard InChI is InChI=1S/C24H32N4O3/c1-15(2)21-19(8-9-20(24(25)29)22(21)16(3)4)23(27-12-10-26-11-13-27)17-6-5-7-18(14-17)28(30)31/h5-9,14-16,23,26H,10-13H2,1-4H3,(H2,25,29). The van der Waals surface area contributed by atoms with E-state index < -0.39 is 5.91 Å². The van der Waals surface area contributed by atoms with Crippen molar-refractivity contribution in [3.05, 3.63) is 74.3 Å². The van der Waals surface area contributed by atoms with Gasteiger partial charge in [0.05, 0.1) is 11.0 Å². The third kappa shape index (κ3) is 4.78. The molecule has 3 rings (SSSR count). The van der Waals surface area contributed by atoms with E-state index in [1.54, 1.807) is 12.1 Å². The molecule has 1 aliphatic heterocycles. The molecule has 0 aromatic heterocycles. The highest BCUT2D eigenvalue weighted by Crippen LogP contribution is 2.40. The number of nitrogens with two attached hydrogens (primary N) is 1. The van der Waals surface area contributed by atoms with Crippen molar-refractivity contribution >= 4 is 11.6 Å². The molecule has 31 heavy (non-hydrogen) atoms. The fourth-order valence-corrected chi connectivity index (χ4v) is 4.71. The summed E-state index contributed by atoms with van der Waals surface area (Å²) in [5.41, 5.74) is 10.4. The van der Waals surface area contributed by atoms with Gasteiger partial charge in [-0.2, -0.15) is 0 Å². The van der Waals surface area contributed by atoms with Crippen LogP contribution < -0.4 is 11.1 Å². The zero-order valence-electron chi connectivity index (χ0n) is 18.7. The van der Waals surface area contributed by atoms with Gasteiger partial charge in [0.15, 0.2) is 0 Å². The molecule has 166 valence electrons. The summed E-state index contributed by atoms with van der Waals surface area (Å²) in [6.07, 6.45) is 0. The Balaban J connectivity index is 2.28. The van der Waals surface area contributed by atoms with Gasteiger partial charge in [0, 0.05) is 43.9 Å². The summed E-state index contributed by atoms with van der Waals surface area (Å²) in [7, 11) is 0. The van der Waals surface area contributed by atoms with E-state index in [2.05, 4.69) is 37.9 Å². The van der Waals surface area contributed by atoms with Crippen molar-refractivity contribution in [3.63, 3.8) is 0 Å². The van der Waals surface area contributed by atoms with Crippen LogP contribution in [0.4, 0.5) is 5.69 Å². The number of rotatable bonds is 7. The number of piperazine rings is 1. The van der Waals surface area contributed by atoms with Gasteiger partial charge in [0.2, 0.25) is 5.91 Å². The zero-order chi connectivity index (χ0) is 22.7. The van der Waals surface area contributed by atoms with Crippen LogP contribution in [0.25, 0.3) is 0 Å². The average molecular weight is 425 g/mol. The van der Waals surface area contributed by atoms with Crippen molar-refractivity contribution in [1.29, 1.82) is 0 Å². The highest BCUT2D eigenvalue weighted by Gasteiger charge is 2.30. The number of nitro groups is 1. The van der Waals surface area contributed by atoms with E-state index in [-0.39, 0.29) is 28.5 Å². The first-order valence-corrected chi connectivity index (χ1v) is 10.9. The lowest BCUT2D eigenvalue weighted by Gasteiger charge is -2.38. The maximum Gasteiger partial charge on any atom is 0.269 e. The van der Waals surface area contributed by atoms with Crippen LogP contribution in [0.3, 0.4) is 0 Å². The van der Waals surface area contributed by atoms with E-state index >= 15 is 0 Å². The van der Waals surface area contributed by atoms with E-state index in [0.29, 0.717) is 5.56 Å². The molecule has 0 bridgehead atoms. The number of primary amides is 1. The lowest BCUT2D eigenvalue weighted by atomic mass is 9.79. The average Bonchev–Trinajstić information content (AvgIpc) is 2.74. The number of nitrogens with one attached hydrogen (secondary N) is 1. The van der Waals surface area contributed by atoms with Crippen molar-refractivity contribution in [1.82, 2.24) is 10.2 Å². The van der Waals surface area contributed by atoms with Gasteiger partial charge in [-0.25, -0.2) is 0 Å². The molecular formula is C24H32N4O3. The predicted octanol–water partition coefficient (Wildman–Crippen LogP) is 3.94. The maximum atomic E-state index is 12.2. The Labute approximate surface area is 183 Å². The molecule has 1 heterocycles. The molecule has 2 aromatic carbocycles. The Bertz CT molecular complexity index is 965. The monoisotopic (exact) mass is 424 g/mol. The molecule has 2 aromatic rings. The van der Waals surface area contributed by atoms with Crippen molar-refractivity contribution in [3.8, 4) is 0 Å². The summed E-state index contributed by atoms with van der Waals surface area (Å²) in [5, 5.41) is 14.8.